The Bertz CT molecular complexity index is 529. The molecule has 0 saturated carbocycles. The Morgan fingerprint density at radius 2 is 1.74 bits per heavy atom. The Hall–Kier alpha value is -1.97. The van der Waals surface area contributed by atoms with Gasteiger partial charge in [-0.15, -0.1) is 0 Å². The summed E-state index contributed by atoms with van der Waals surface area (Å²) in [5.41, 5.74) is 8.65. The topological polar surface area (TPSA) is 64.7 Å². The SMILES string of the molecule is CCCC(C)(C)c1ccc(-c2cnc(N)nc2)nc1. The number of pyridine rings is 1. The highest BCUT2D eigenvalue weighted by Crippen LogP contribution is 2.28. The van der Waals surface area contributed by atoms with Crippen LogP contribution in [0.2, 0.25) is 0 Å². The first-order chi connectivity index (χ1) is 9.03. The third kappa shape index (κ3) is 3.08. The second-order valence-electron chi connectivity index (χ2n) is 5.40. The molecule has 2 rings (SSSR count). The van der Waals surface area contributed by atoms with Gasteiger partial charge in [-0.3, -0.25) is 4.98 Å². The number of nitrogen functional groups attached to an aromatic ring is 1. The van der Waals surface area contributed by atoms with Gasteiger partial charge in [0, 0.05) is 24.2 Å². The molecule has 4 nitrogen and oxygen atoms in total. The zero-order valence-electron chi connectivity index (χ0n) is 11.7. The van der Waals surface area contributed by atoms with E-state index in [9.17, 15) is 0 Å². The van der Waals surface area contributed by atoms with E-state index in [0.717, 1.165) is 17.7 Å². The average molecular weight is 256 g/mol. The molecular weight excluding hydrogens is 236 g/mol. The summed E-state index contributed by atoms with van der Waals surface area (Å²) in [7, 11) is 0. The first-order valence-electron chi connectivity index (χ1n) is 6.57. The van der Waals surface area contributed by atoms with E-state index in [1.54, 1.807) is 12.4 Å². The standard InChI is InChI=1S/C15H20N4/c1-4-7-15(2,3)12-5-6-13(17-10-12)11-8-18-14(16)19-9-11/h5-6,8-10H,4,7H2,1-3H3,(H2,16,18,19). The van der Waals surface area contributed by atoms with Gasteiger partial charge >= 0.3 is 0 Å². The fourth-order valence-electron chi connectivity index (χ4n) is 2.20. The zero-order valence-corrected chi connectivity index (χ0v) is 11.7. The van der Waals surface area contributed by atoms with Crippen molar-refractivity contribution < 1.29 is 0 Å². The molecule has 0 fully saturated rings. The molecule has 2 N–H and O–H groups in total. The summed E-state index contributed by atoms with van der Waals surface area (Å²) in [6, 6.07) is 4.15. The highest BCUT2D eigenvalue weighted by molar-refractivity contribution is 5.57. The van der Waals surface area contributed by atoms with Crippen molar-refractivity contribution in [1.29, 1.82) is 0 Å². The van der Waals surface area contributed by atoms with Gasteiger partial charge in [0.05, 0.1) is 5.69 Å². The number of nitrogens with zero attached hydrogens (tertiary/aromatic N) is 3. The molecule has 4 heteroatoms. The van der Waals surface area contributed by atoms with Gasteiger partial charge in [-0.05, 0) is 23.5 Å². The number of rotatable bonds is 4. The summed E-state index contributed by atoms with van der Waals surface area (Å²) in [4.78, 5) is 12.5. The number of hydrogen-bond acceptors (Lipinski definition) is 4. The fourth-order valence-corrected chi connectivity index (χ4v) is 2.20. The molecule has 2 aromatic heterocycles. The summed E-state index contributed by atoms with van der Waals surface area (Å²) in [6.07, 6.45) is 7.66. The Morgan fingerprint density at radius 1 is 1.05 bits per heavy atom. The fraction of sp³-hybridized carbons (Fsp3) is 0.400. The summed E-state index contributed by atoms with van der Waals surface area (Å²) >= 11 is 0. The molecule has 19 heavy (non-hydrogen) atoms. The molecule has 0 amide bonds. The molecule has 0 unspecified atom stereocenters. The molecule has 2 heterocycles. The van der Waals surface area contributed by atoms with Crippen molar-refractivity contribution in [1.82, 2.24) is 15.0 Å². The Kier molecular flexibility index (Phi) is 3.79. The molecule has 2 aromatic rings. The number of anilines is 1. The molecule has 0 aliphatic heterocycles. The van der Waals surface area contributed by atoms with Crippen molar-refractivity contribution >= 4 is 5.95 Å². The van der Waals surface area contributed by atoms with E-state index in [-0.39, 0.29) is 11.4 Å². The number of nitrogens with two attached hydrogens (primary N) is 1. The first kappa shape index (κ1) is 13.5. The normalized spacial score (nSPS) is 11.5. The van der Waals surface area contributed by atoms with Crippen LogP contribution in [0.4, 0.5) is 5.95 Å². The van der Waals surface area contributed by atoms with Crippen LogP contribution in [-0.4, -0.2) is 15.0 Å². The number of hydrogen-bond donors (Lipinski definition) is 1. The smallest absolute Gasteiger partial charge is 0.219 e. The summed E-state index contributed by atoms with van der Waals surface area (Å²) in [6.45, 7) is 6.70. The van der Waals surface area contributed by atoms with Crippen molar-refractivity contribution in [2.45, 2.75) is 39.0 Å². The van der Waals surface area contributed by atoms with Crippen LogP contribution in [0, 0.1) is 0 Å². The Morgan fingerprint density at radius 3 is 2.26 bits per heavy atom. The van der Waals surface area contributed by atoms with Gasteiger partial charge in [0.1, 0.15) is 0 Å². The molecule has 0 spiro atoms. The maximum absolute atomic E-state index is 5.48. The van der Waals surface area contributed by atoms with Crippen molar-refractivity contribution in [3.8, 4) is 11.3 Å². The Balaban J connectivity index is 2.25. The van der Waals surface area contributed by atoms with Crippen LogP contribution >= 0.6 is 0 Å². The lowest BCUT2D eigenvalue weighted by Gasteiger charge is -2.24. The van der Waals surface area contributed by atoms with Crippen molar-refractivity contribution in [2.75, 3.05) is 5.73 Å². The van der Waals surface area contributed by atoms with Gasteiger partial charge in [-0.1, -0.05) is 33.3 Å². The monoisotopic (exact) mass is 256 g/mol. The molecule has 0 radical (unpaired) electrons. The van der Waals surface area contributed by atoms with Gasteiger partial charge < -0.3 is 5.73 Å². The van der Waals surface area contributed by atoms with Crippen LogP contribution in [0.3, 0.4) is 0 Å². The highest BCUT2D eigenvalue weighted by atomic mass is 15.0. The van der Waals surface area contributed by atoms with E-state index < -0.39 is 0 Å². The second kappa shape index (κ2) is 5.34. The summed E-state index contributed by atoms with van der Waals surface area (Å²) in [5.74, 6) is 0.282. The summed E-state index contributed by atoms with van der Waals surface area (Å²) in [5, 5.41) is 0. The van der Waals surface area contributed by atoms with Crippen LogP contribution in [0.15, 0.2) is 30.7 Å². The molecular formula is C15H20N4. The third-order valence-electron chi connectivity index (χ3n) is 3.39. The lowest BCUT2D eigenvalue weighted by molar-refractivity contribution is 0.472. The van der Waals surface area contributed by atoms with Gasteiger partial charge in [0.15, 0.2) is 0 Å². The molecule has 0 aliphatic rings. The van der Waals surface area contributed by atoms with E-state index in [4.69, 9.17) is 5.73 Å². The minimum absolute atomic E-state index is 0.165. The van der Waals surface area contributed by atoms with Crippen molar-refractivity contribution in [3.63, 3.8) is 0 Å². The summed E-state index contributed by atoms with van der Waals surface area (Å²) < 4.78 is 0. The predicted octanol–water partition coefficient (Wildman–Crippen LogP) is 3.20. The minimum Gasteiger partial charge on any atom is -0.368 e. The second-order valence-corrected chi connectivity index (χ2v) is 5.40. The maximum Gasteiger partial charge on any atom is 0.219 e. The first-order valence-corrected chi connectivity index (χ1v) is 6.57. The largest absolute Gasteiger partial charge is 0.368 e. The minimum atomic E-state index is 0.165. The van der Waals surface area contributed by atoms with Crippen molar-refractivity contribution in [3.05, 3.63) is 36.3 Å². The van der Waals surface area contributed by atoms with Gasteiger partial charge in [0.2, 0.25) is 5.95 Å². The highest BCUT2D eigenvalue weighted by Gasteiger charge is 2.19. The third-order valence-corrected chi connectivity index (χ3v) is 3.39. The quantitative estimate of drug-likeness (QED) is 0.912. The molecule has 0 aliphatic carbocycles. The van der Waals surface area contributed by atoms with E-state index in [1.807, 2.05) is 12.3 Å². The lowest BCUT2D eigenvalue weighted by Crippen LogP contribution is -2.16. The van der Waals surface area contributed by atoms with Crippen LogP contribution in [0.25, 0.3) is 11.3 Å². The van der Waals surface area contributed by atoms with Crippen LogP contribution in [-0.2, 0) is 5.41 Å². The van der Waals surface area contributed by atoms with E-state index in [2.05, 4.69) is 41.8 Å². The number of aromatic nitrogens is 3. The predicted molar refractivity (Wildman–Crippen MR) is 77.6 cm³/mol. The molecule has 0 saturated heterocycles. The van der Waals surface area contributed by atoms with Gasteiger partial charge in [-0.25, -0.2) is 9.97 Å². The maximum atomic E-state index is 5.48. The molecule has 0 atom stereocenters. The van der Waals surface area contributed by atoms with E-state index in [1.165, 1.54) is 12.0 Å². The van der Waals surface area contributed by atoms with Gasteiger partial charge in [0.25, 0.3) is 0 Å². The van der Waals surface area contributed by atoms with Crippen LogP contribution in [0.5, 0.6) is 0 Å². The zero-order chi connectivity index (χ0) is 13.9. The Labute approximate surface area is 114 Å². The van der Waals surface area contributed by atoms with E-state index >= 15 is 0 Å². The molecule has 100 valence electrons. The van der Waals surface area contributed by atoms with Gasteiger partial charge in [-0.2, -0.15) is 0 Å². The molecule has 0 bridgehead atoms. The lowest BCUT2D eigenvalue weighted by atomic mass is 9.81. The molecule has 0 aromatic carbocycles. The van der Waals surface area contributed by atoms with Crippen LogP contribution in [0.1, 0.15) is 39.2 Å². The van der Waals surface area contributed by atoms with E-state index in [0.29, 0.717) is 0 Å². The van der Waals surface area contributed by atoms with Crippen molar-refractivity contribution in [2.24, 2.45) is 0 Å². The average Bonchev–Trinajstić information content (AvgIpc) is 2.40. The van der Waals surface area contributed by atoms with Crippen LogP contribution < -0.4 is 5.73 Å².